The Labute approximate surface area is 168 Å². The molecule has 2 heterocycles. The second-order valence-corrected chi connectivity index (χ2v) is 8.75. The van der Waals surface area contributed by atoms with Gasteiger partial charge >= 0.3 is 0 Å². The standard InChI is InChI=1S/C20H19N5O3S/c26-20(24-16-5-3-14(4-6-16)15-2-1-9-21-11-15)10-17-12-22-13-19(23-17)25-29(27,28)18-7-8-18/h1-6,9,11-13,18H,7-8,10H2,(H,23,25)(H,24,26). The van der Waals surface area contributed by atoms with E-state index >= 15 is 0 Å². The lowest BCUT2D eigenvalue weighted by Crippen LogP contribution is -2.19. The molecule has 0 aliphatic heterocycles. The van der Waals surface area contributed by atoms with Crippen molar-refractivity contribution < 1.29 is 13.2 Å². The molecule has 0 saturated heterocycles. The zero-order chi connectivity index (χ0) is 20.3. The molecular weight excluding hydrogens is 390 g/mol. The number of aromatic nitrogens is 3. The third kappa shape index (κ3) is 4.94. The smallest absolute Gasteiger partial charge is 0.236 e. The maximum absolute atomic E-state index is 12.3. The average Bonchev–Trinajstić information content (AvgIpc) is 3.55. The van der Waals surface area contributed by atoms with E-state index in [9.17, 15) is 13.2 Å². The van der Waals surface area contributed by atoms with Gasteiger partial charge in [-0.2, -0.15) is 0 Å². The summed E-state index contributed by atoms with van der Waals surface area (Å²) >= 11 is 0. The van der Waals surface area contributed by atoms with Crippen molar-refractivity contribution in [3.63, 3.8) is 0 Å². The third-order valence-electron chi connectivity index (χ3n) is 4.40. The van der Waals surface area contributed by atoms with Gasteiger partial charge < -0.3 is 5.32 Å². The number of rotatable bonds is 7. The number of anilines is 2. The molecule has 2 aromatic heterocycles. The van der Waals surface area contributed by atoms with E-state index in [1.807, 2.05) is 36.4 Å². The Hall–Kier alpha value is -3.33. The van der Waals surface area contributed by atoms with Gasteiger partial charge in [-0.3, -0.25) is 19.5 Å². The molecule has 9 heteroatoms. The fourth-order valence-electron chi connectivity index (χ4n) is 2.80. The van der Waals surface area contributed by atoms with E-state index in [0.717, 1.165) is 11.1 Å². The maximum atomic E-state index is 12.3. The zero-order valence-electron chi connectivity index (χ0n) is 15.4. The summed E-state index contributed by atoms with van der Waals surface area (Å²) in [4.78, 5) is 24.6. The fraction of sp³-hybridized carbons (Fsp3) is 0.200. The number of nitrogens with zero attached hydrogens (tertiary/aromatic N) is 3. The quantitative estimate of drug-likeness (QED) is 0.620. The van der Waals surface area contributed by atoms with Crippen LogP contribution in [0.25, 0.3) is 11.1 Å². The van der Waals surface area contributed by atoms with Crippen LogP contribution in [-0.2, 0) is 21.2 Å². The maximum Gasteiger partial charge on any atom is 0.236 e. The first kappa shape index (κ1) is 19.0. The van der Waals surface area contributed by atoms with Crippen molar-refractivity contribution in [2.45, 2.75) is 24.5 Å². The van der Waals surface area contributed by atoms with Crippen molar-refractivity contribution in [1.29, 1.82) is 0 Å². The predicted molar refractivity (Wildman–Crippen MR) is 110 cm³/mol. The van der Waals surface area contributed by atoms with Crippen molar-refractivity contribution in [2.75, 3.05) is 10.0 Å². The van der Waals surface area contributed by atoms with Gasteiger partial charge in [-0.1, -0.05) is 18.2 Å². The van der Waals surface area contributed by atoms with E-state index in [-0.39, 0.29) is 23.4 Å². The summed E-state index contributed by atoms with van der Waals surface area (Å²) in [5, 5.41) is 2.45. The molecule has 1 fully saturated rings. The lowest BCUT2D eigenvalue weighted by Gasteiger charge is -2.08. The molecule has 148 valence electrons. The predicted octanol–water partition coefficient (Wildman–Crippen LogP) is 2.62. The highest BCUT2D eigenvalue weighted by molar-refractivity contribution is 7.93. The van der Waals surface area contributed by atoms with E-state index in [2.05, 4.69) is 25.0 Å². The number of benzene rings is 1. The van der Waals surface area contributed by atoms with Crippen LogP contribution in [0.3, 0.4) is 0 Å². The van der Waals surface area contributed by atoms with Gasteiger partial charge in [-0.15, -0.1) is 0 Å². The summed E-state index contributed by atoms with van der Waals surface area (Å²) < 4.78 is 26.4. The monoisotopic (exact) mass is 409 g/mol. The van der Waals surface area contributed by atoms with E-state index in [0.29, 0.717) is 24.2 Å². The molecule has 2 N–H and O–H groups in total. The summed E-state index contributed by atoms with van der Waals surface area (Å²) in [6, 6.07) is 11.3. The van der Waals surface area contributed by atoms with Crippen LogP contribution in [0.15, 0.2) is 61.2 Å². The van der Waals surface area contributed by atoms with Crippen molar-refractivity contribution >= 4 is 27.4 Å². The van der Waals surface area contributed by atoms with Crippen LogP contribution in [0.5, 0.6) is 0 Å². The Morgan fingerprint density at radius 3 is 2.48 bits per heavy atom. The van der Waals surface area contributed by atoms with Crippen LogP contribution in [0.2, 0.25) is 0 Å². The van der Waals surface area contributed by atoms with E-state index in [1.54, 1.807) is 12.4 Å². The van der Waals surface area contributed by atoms with E-state index in [1.165, 1.54) is 12.4 Å². The fourth-order valence-corrected chi connectivity index (χ4v) is 4.11. The third-order valence-corrected chi connectivity index (χ3v) is 6.24. The Morgan fingerprint density at radius 2 is 1.79 bits per heavy atom. The molecule has 29 heavy (non-hydrogen) atoms. The summed E-state index contributed by atoms with van der Waals surface area (Å²) in [6.07, 6.45) is 7.56. The number of hydrogen-bond acceptors (Lipinski definition) is 6. The Morgan fingerprint density at radius 1 is 1.00 bits per heavy atom. The number of pyridine rings is 1. The van der Waals surface area contributed by atoms with Gasteiger partial charge in [0.05, 0.1) is 23.6 Å². The van der Waals surface area contributed by atoms with Crippen LogP contribution in [0.4, 0.5) is 11.5 Å². The number of hydrogen-bond donors (Lipinski definition) is 2. The van der Waals surface area contributed by atoms with Gasteiger partial charge in [0.25, 0.3) is 0 Å². The first-order valence-electron chi connectivity index (χ1n) is 9.12. The summed E-state index contributed by atoms with van der Waals surface area (Å²) in [6.45, 7) is 0. The minimum Gasteiger partial charge on any atom is -0.326 e. The minimum absolute atomic E-state index is 0.0175. The van der Waals surface area contributed by atoms with Gasteiger partial charge in [0.2, 0.25) is 15.9 Å². The highest BCUT2D eigenvalue weighted by atomic mass is 32.2. The lowest BCUT2D eigenvalue weighted by atomic mass is 10.1. The molecule has 0 bridgehead atoms. The van der Waals surface area contributed by atoms with Crippen molar-refractivity contribution in [1.82, 2.24) is 15.0 Å². The molecule has 1 amide bonds. The number of nitrogens with one attached hydrogen (secondary N) is 2. The van der Waals surface area contributed by atoms with Crippen LogP contribution >= 0.6 is 0 Å². The van der Waals surface area contributed by atoms with E-state index in [4.69, 9.17) is 0 Å². The Bertz CT molecular complexity index is 1110. The normalized spacial score (nSPS) is 13.7. The first-order valence-corrected chi connectivity index (χ1v) is 10.7. The van der Waals surface area contributed by atoms with Gasteiger partial charge in [0.1, 0.15) is 0 Å². The van der Waals surface area contributed by atoms with Gasteiger partial charge in [-0.25, -0.2) is 13.4 Å². The summed E-state index contributed by atoms with van der Waals surface area (Å²) in [5.41, 5.74) is 3.02. The molecule has 1 saturated carbocycles. The minimum atomic E-state index is -3.42. The largest absolute Gasteiger partial charge is 0.326 e. The molecule has 0 radical (unpaired) electrons. The second kappa shape index (κ2) is 7.96. The van der Waals surface area contributed by atoms with Crippen molar-refractivity contribution in [2.24, 2.45) is 0 Å². The van der Waals surface area contributed by atoms with Crippen LogP contribution in [0.1, 0.15) is 18.5 Å². The highest BCUT2D eigenvalue weighted by Crippen LogP contribution is 2.29. The molecule has 1 aromatic carbocycles. The molecule has 8 nitrogen and oxygen atoms in total. The summed E-state index contributed by atoms with van der Waals surface area (Å²) in [5.74, 6) is -0.140. The van der Waals surface area contributed by atoms with Crippen LogP contribution in [0, 0.1) is 0 Å². The molecular formula is C20H19N5O3S. The first-order chi connectivity index (χ1) is 14.0. The molecule has 1 aliphatic rings. The molecule has 3 aromatic rings. The number of amides is 1. The highest BCUT2D eigenvalue weighted by Gasteiger charge is 2.36. The summed E-state index contributed by atoms with van der Waals surface area (Å²) in [7, 11) is -3.42. The molecule has 0 atom stereocenters. The lowest BCUT2D eigenvalue weighted by molar-refractivity contribution is -0.115. The number of carbonyl (C=O) groups is 1. The van der Waals surface area contributed by atoms with Crippen molar-refractivity contribution in [3.8, 4) is 11.1 Å². The van der Waals surface area contributed by atoms with Gasteiger partial charge in [-0.05, 0) is 42.2 Å². The Balaban J connectivity index is 1.38. The molecule has 1 aliphatic carbocycles. The molecule has 0 spiro atoms. The van der Waals surface area contributed by atoms with Gasteiger partial charge in [0.15, 0.2) is 5.82 Å². The van der Waals surface area contributed by atoms with E-state index < -0.39 is 10.0 Å². The topological polar surface area (TPSA) is 114 Å². The number of carbonyl (C=O) groups excluding carboxylic acids is 1. The SMILES string of the molecule is O=C(Cc1cncc(NS(=O)(=O)C2CC2)n1)Nc1ccc(-c2cccnc2)cc1. The molecule has 0 unspecified atom stereocenters. The average molecular weight is 409 g/mol. The number of sulfonamides is 1. The second-order valence-electron chi connectivity index (χ2n) is 6.79. The van der Waals surface area contributed by atoms with Crippen LogP contribution < -0.4 is 10.0 Å². The van der Waals surface area contributed by atoms with Crippen LogP contribution in [-0.4, -0.2) is 34.5 Å². The zero-order valence-corrected chi connectivity index (χ0v) is 16.3. The van der Waals surface area contributed by atoms with Gasteiger partial charge in [0, 0.05) is 24.3 Å². The Kier molecular flexibility index (Phi) is 5.22. The van der Waals surface area contributed by atoms with Crippen molar-refractivity contribution in [3.05, 3.63) is 66.9 Å². The molecule has 4 rings (SSSR count).